The summed E-state index contributed by atoms with van der Waals surface area (Å²) in [5.41, 5.74) is 11.0. The van der Waals surface area contributed by atoms with Crippen LogP contribution in [0.3, 0.4) is 0 Å². The summed E-state index contributed by atoms with van der Waals surface area (Å²) in [4.78, 5) is 2.27. The van der Waals surface area contributed by atoms with Crippen LogP contribution in [0.25, 0.3) is 38.6 Å². The maximum Gasteiger partial charge on any atom is 0.0541 e. The van der Waals surface area contributed by atoms with Crippen LogP contribution in [0.5, 0.6) is 0 Å². The lowest BCUT2D eigenvalue weighted by Crippen LogP contribution is -2.10. The number of anilines is 2. The minimum Gasteiger partial charge on any atom is -0.345 e. The third-order valence-electron chi connectivity index (χ3n) is 7.83. The van der Waals surface area contributed by atoms with Crippen molar-refractivity contribution < 1.29 is 0 Å². The van der Waals surface area contributed by atoms with Gasteiger partial charge < -0.3 is 9.47 Å². The minimum absolute atomic E-state index is 0.951. The molecule has 0 aliphatic heterocycles. The average molecular weight is 515 g/mol. The molecule has 40 heavy (non-hydrogen) atoms. The summed E-state index contributed by atoms with van der Waals surface area (Å²) in [5.74, 6) is 0. The highest BCUT2D eigenvalue weighted by Gasteiger charge is 2.13. The van der Waals surface area contributed by atoms with Gasteiger partial charge in [-0.1, -0.05) is 109 Å². The van der Waals surface area contributed by atoms with Crippen molar-refractivity contribution in [1.82, 2.24) is 4.57 Å². The smallest absolute Gasteiger partial charge is 0.0541 e. The van der Waals surface area contributed by atoms with Gasteiger partial charge in [0, 0.05) is 34.9 Å². The molecule has 0 saturated carbocycles. The molecule has 7 aromatic rings. The molecule has 2 heteroatoms. The summed E-state index contributed by atoms with van der Waals surface area (Å²) in [6, 6.07) is 54.5. The summed E-state index contributed by atoms with van der Waals surface area (Å²) in [5, 5.41) is 2.55. The molecule has 0 aliphatic carbocycles. The van der Waals surface area contributed by atoms with Crippen LogP contribution >= 0.6 is 0 Å². The van der Waals surface area contributed by atoms with Crippen molar-refractivity contribution in [1.29, 1.82) is 0 Å². The molecule has 0 bridgehead atoms. The summed E-state index contributed by atoms with van der Waals surface area (Å²) in [6.45, 7) is 0. The molecule has 0 atom stereocenters. The van der Waals surface area contributed by atoms with Gasteiger partial charge in [0.1, 0.15) is 0 Å². The number of nitrogens with zero attached hydrogens (tertiary/aromatic N) is 2. The van der Waals surface area contributed by atoms with E-state index in [1.807, 2.05) is 0 Å². The van der Waals surface area contributed by atoms with Crippen LogP contribution in [0, 0.1) is 0 Å². The third kappa shape index (κ3) is 4.44. The van der Waals surface area contributed by atoms with Gasteiger partial charge >= 0.3 is 0 Å². The molecule has 0 aliphatic rings. The normalized spacial score (nSPS) is 11.2. The SMILES string of the molecule is CN(c1cccc(-c2ccc(Cc3ccccc3)cc2)c1)c1cccc(-n2c3ccccc3c3ccccc32)c1. The van der Waals surface area contributed by atoms with E-state index in [1.54, 1.807) is 0 Å². The van der Waals surface area contributed by atoms with Crippen LogP contribution < -0.4 is 4.90 Å². The monoisotopic (exact) mass is 514 g/mol. The Morgan fingerprint density at radius 2 is 1.05 bits per heavy atom. The molecule has 7 rings (SSSR count). The Hall–Kier alpha value is -5.08. The van der Waals surface area contributed by atoms with E-state index in [9.17, 15) is 0 Å². The van der Waals surface area contributed by atoms with Gasteiger partial charge in [0.25, 0.3) is 0 Å². The van der Waals surface area contributed by atoms with Crippen molar-refractivity contribution in [3.63, 3.8) is 0 Å². The van der Waals surface area contributed by atoms with Crippen molar-refractivity contribution in [3.8, 4) is 16.8 Å². The van der Waals surface area contributed by atoms with Crippen LogP contribution in [-0.4, -0.2) is 11.6 Å². The second-order valence-electron chi connectivity index (χ2n) is 10.4. The third-order valence-corrected chi connectivity index (χ3v) is 7.83. The van der Waals surface area contributed by atoms with E-state index in [2.05, 4.69) is 168 Å². The number of rotatable bonds is 6. The molecule has 0 spiro atoms. The zero-order valence-corrected chi connectivity index (χ0v) is 22.5. The molecule has 6 aromatic carbocycles. The van der Waals surface area contributed by atoms with Crippen LogP contribution in [0.2, 0.25) is 0 Å². The van der Waals surface area contributed by atoms with Crippen LogP contribution in [0.4, 0.5) is 11.4 Å². The number of hydrogen-bond donors (Lipinski definition) is 0. The number of benzene rings is 6. The molecule has 192 valence electrons. The fourth-order valence-electron chi connectivity index (χ4n) is 5.73. The lowest BCUT2D eigenvalue weighted by atomic mass is 10.00. The largest absolute Gasteiger partial charge is 0.345 e. The molecular weight excluding hydrogens is 484 g/mol. The molecule has 1 heterocycles. The Bertz CT molecular complexity index is 1880. The summed E-state index contributed by atoms with van der Waals surface area (Å²) >= 11 is 0. The predicted octanol–water partition coefficient (Wildman–Crippen LogP) is 9.81. The highest BCUT2D eigenvalue weighted by Crippen LogP contribution is 2.34. The van der Waals surface area contributed by atoms with Gasteiger partial charge in [-0.2, -0.15) is 0 Å². The first-order chi connectivity index (χ1) is 19.7. The Kier molecular flexibility index (Phi) is 6.14. The number of fused-ring (bicyclic) bond motifs is 3. The van der Waals surface area contributed by atoms with Crippen molar-refractivity contribution in [3.05, 3.63) is 163 Å². The van der Waals surface area contributed by atoms with E-state index in [4.69, 9.17) is 0 Å². The Labute approximate surface area is 235 Å². The van der Waals surface area contributed by atoms with Gasteiger partial charge in [-0.25, -0.2) is 0 Å². The molecule has 0 N–H and O–H groups in total. The first kappa shape index (κ1) is 24.0. The van der Waals surface area contributed by atoms with Gasteiger partial charge in [0.15, 0.2) is 0 Å². The zero-order valence-electron chi connectivity index (χ0n) is 22.5. The molecule has 2 nitrogen and oxygen atoms in total. The number of para-hydroxylation sites is 2. The lowest BCUT2D eigenvalue weighted by Gasteiger charge is -2.21. The summed E-state index contributed by atoms with van der Waals surface area (Å²) in [6.07, 6.45) is 0.951. The average Bonchev–Trinajstić information content (AvgIpc) is 3.36. The van der Waals surface area contributed by atoms with E-state index < -0.39 is 0 Å². The van der Waals surface area contributed by atoms with Crippen LogP contribution in [0.15, 0.2) is 152 Å². The molecule has 0 unspecified atom stereocenters. The maximum absolute atomic E-state index is 2.37. The van der Waals surface area contributed by atoms with Gasteiger partial charge in [-0.05, 0) is 71.1 Å². The molecule has 0 radical (unpaired) electrons. The molecular formula is C38H30N2. The Morgan fingerprint density at radius 3 is 1.75 bits per heavy atom. The first-order valence-corrected chi connectivity index (χ1v) is 13.8. The highest BCUT2D eigenvalue weighted by atomic mass is 15.1. The highest BCUT2D eigenvalue weighted by molar-refractivity contribution is 6.09. The summed E-state index contributed by atoms with van der Waals surface area (Å²) < 4.78 is 2.37. The van der Waals surface area contributed by atoms with E-state index in [0.717, 1.165) is 23.5 Å². The topological polar surface area (TPSA) is 8.17 Å². The maximum atomic E-state index is 2.37. The fourth-order valence-corrected chi connectivity index (χ4v) is 5.73. The van der Waals surface area contributed by atoms with Crippen molar-refractivity contribution in [2.75, 3.05) is 11.9 Å². The van der Waals surface area contributed by atoms with E-state index in [1.165, 1.54) is 44.1 Å². The van der Waals surface area contributed by atoms with Gasteiger partial charge in [0.05, 0.1) is 11.0 Å². The number of aromatic nitrogens is 1. The zero-order chi connectivity index (χ0) is 26.9. The van der Waals surface area contributed by atoms with Crippen molar-refractivity contribution >= 4 is 33.2 Å². The molecule has 0 amide bonds. The second-order valence-corrected chi connectivity index (χ2v) is 10.4. The summed E-state index contributed by atoms with van der Waals surface area (Å²) in [7, 11) is 2.15. The Morgan fingerprint density at radius 1 is 0.475 bits per heavy atom. The second kappa shape index (κ2) is 10.2. The number of hydrogen-bond acceptors (Lipinski definition) is 1. The Balaban J connectivity index is 1.20. The van der Waals surface area contributed by atoms with Crippen molar-refractivity contribution in [2.45, 2.75) is 6.42 Å². The lowest BCUT2D eigenvalue weighted by molar-refractivity contribution is 1.15. The molecule has 0 fully saturated rings. The fraction of sp³-hybridized carbons (Fsp3) is 0.0526. The van der Waals surface area contributed by atoms with Crippen LogP contribution in [-0.2, 0) is 6.42 Å². The first-order valence-electron chi connectivity index (χ1n) is 13.8. The van der Waals surface area contributed by atoms with Gasteiger partial charge in [-0.15, -0.1) is 0 Å². The molecule has 0 saturated heterocycles. The van der Waals surface area contributed by atoms with Crippen LogP contribution in [0.1, 0.15) is 11.1 Å². The van der Waals surface area contributed by atoms with E-state index >= 15 is 0 Å². The standard InChI is InChI=1S/C38H30N2/c1-39(32-14-9-13-31(26-32)30-23-21-29(22-24-30)25-28-11-3-2-4-12-28)33-15-10-16-34(27-33)40-37-19-7-5-17-35(37)36-18-6-8-20-38(36)40/h2-24,26-27H,25H2,1H3. The van der Waals surface area contributed by atoms with Gasteiger partial charge in [0.2, 0.25) is 0 Å². The van der Waals surface area contributed by atoms with E-state index in [-0.39, 0.29) is 0 Å². The quantitative estimate of drug-likeness (QED) is 0.214. The van der Waals surface area contributed by atoms with E-state index in [0.29, 0.717) is 0 Å². The predicted molar refractivity (Wildman–Crippen MR) is 170 cm³/mol. The van der Waals surface area contributed by atoms with Crippen molar-refractivity contribution in [2.24, 2.45) is 0 Å². The minimum atomic E-state index is 0.951. The molecule has 1 aromatic heterocycles. The van der Waals surface area contributed by atoms with Gasteiger partial charge in [-0.3, -0.25) is 0 Å².